The lowest BCUT2D eigenvalue weighted by Crippen LogP contribution is -2.44. The Bertz CT molecular complexity index is 867. The zero-order valence-electron chi connectivity index (χ0n) is 19.7. The Morgan fingerprint density at radius 1 is 1.00 bits per heavy atom. The molecule has 2 aromatic carbocycles. The predicted molar refractivity (Wildman–Crippen MR) is 130 cm³/mol. The molecule has 0 unspecified atom stereocenters. The van der Waals surface area contributed by atoms with Crippen LogP contribution >= 0.6 is 0 Å². The van der Waals surface area contributed by atoms with Crippen LogP contribution in [0.3, 0.4) is 0 Å². The first-order valence-electron chi connectivity index (χ1n) is 11.4. The second-order valence-corrected chi connectivity index (χ2v) is 9.07. The van der Waals surface area contributed by atoms with Crippen LogP contribution in [-0.2, 0) is 27.3 Å². The molecule has 2 aromatic rings. The number of rotatable bonds is 12. The molecule has 0 aromatic heterocycles. The van der Waals surface area contributed by atoms with E-state index in [1.165, 1.54) is 5.56 Å². The van der Waals surface area contributed by atoms with Gasteiger partial charge in [0.15, 0.2) is 0 Å². The maximum atomic E-state index is 12.7. The van der Waals surface area contributed by atoms with Crippen LogP contribution in [0.1, 0.15) is 51.2 Å². The average Bonchev–Trinajstić information content (AvgIpc) is 2.76. The van der Waals surface area contributed by atoms with E-state index in [-0.39, 0.29) is 12.3 Å². The standard InChI is InChI=1S/C25H35BN2O5/c1-25(2,3)33-24(30)22(10-7-17-27-18-20-8-5-4-6-9-20)28-23(29)16-13-19-11-14-21(15-12-19)26(31)32/h4-6,8-9,11-12,14-15,22,27,31-32H,7,10,13,16-18H2,1-3H3,(H,28,29)/t22-/m0/s1. The summed E-state index contributed by atoms with van der Waals surface area (Å²) in [6.45, 7) is 6.87. The van der Waals surface area contributed by atoms with Crippen molar-refractivity contribution in [2.24, 2.45) is 0 Å². The van der Waals surface area contributed by atoms with Crippen molar-refractivity contribution in [1.82, 2.24) is 10.6 Å². The molecule has 0 saturated heterocycles. The molecule has 0 saturated carbocycles. The fourth-order valence-electron chi connectivity index (χ4n) is 3.26. The minimum absolute atomic E-state index is 0.215. The Kier molecular flexibility index (Phi) is 10.6. The minimum atomic E-state index is -1.51. The Balaban J connectivity index is 1.84. The molecule has 2 rings (SSSR count). The zero-order chi connectivity index (χ0) is 24.3. The summed E-state index contributed by atoms with van der Waals surface area (Å²) >= 11 is 0. The Morgan fingerprint density at radius 2 is 1.67 bits per heavy atom. The van der Waals surface area contributed by atoms with E-state index in [0.29, 0.717) is 31.3 Å². The highest BCUT2D eigenvalue weighted by atomic mass is 16.6. The van der Waals surface area contributed by atoms with Gasteiger partial charge in [-0.1, -0.05) is 54.6 Å². The van der Waals surface area contributed by atoms with Gasteiger partial charge in [0, 0.05) is 13.0 Å². The third-order valence-corrected chi connectivity index (χ3v) is 4.96. The quantitative estimate of drug-likeness (QED) is 0.221. The first-order valence-corrected chi connectivity index (χ1v) is 11.4. The largest absolute Gasteiger partial charge is 0.488 e. The van der Waals surface area contributed by atoms with Gasteiger partial charge in [0.1, 0.15) is 11.6 Å². The number of benzene rings is 2. The van der Waals surface area contributed by atoms with E-state index in [4.69, 9.17) is 4.74 Å². The Labute approximate surface area is 196 Å². The Hall–Kier alpha value is -2.68. The second kappa shape index (κ2) is 13.1. The summed E-state index contributed by atoms with van der Waals surface area (Å²) in [5.41, 5.74) is 1.85. The Morgan fingerprint density at radius 3 is 2.27 bits per heavy atom. The summed E-state index contributed by atoms with van der Waals surface area (Å²) in [5, 5.41) is 24.5. The van der Waals surface area contributed by atoms with Crippen molar-refractivity contribution < 1.29 is 24.4 Å². The molecule has 1 amide bonds. The molecule has 0 radical (unpaired) electrons. The first-order chi connectivity index (χ1) is 15.6. The lowest BCUT2D eigenvalue weighted by Gasteiger charge is -2.24. The number of carbonyl (C=O) groups is 2. The highest BCUT2D eigenvalue weighted by Gasteiger charge is 2.26. The van der Waals surface area contributed by atoms with Crippen LogP contribution < -0.4 is 16.1 Å². The summed E-state index contributed by atoms with van der Waals surface area (Å²) in [7, 11) is -1.51. The number of ether oxygens (including phenoxy) is 1. The third kappa shape index (κ3) is 10.7. The highest BCUT2D eigenvalue weighted by Crippen LogP contribution is 2.11. The SMILES string of the molecule is CC(C)(C)OC(=O)[C@H](CCCNCc1ccccc1)NC(=O)CCc1ccc(B(O)O)cc1. The molecule has 4 N–H and O–H groups in total. The average molecular weight is 454 g/mol. The molecule has 33 heavy (non-hydrogen) atoms. The fourth-order valence-corrected chi connectivity index (χ4v) is 3.26. The molecule has 178 valence electrons. The van der Waals surface area contributed by atoms with Crippen molar-refractivity contribution in [1.29, 1.82) is 0 Å². The van der Waals surface area contributed by atoms with Crippen LogP contribution in [0.5, 0.6) is 0 Å². The van der Waals surface area contributed by atoms with Gasteiger partial charge in [-0.15, -0.1) is 0 Å². The molecule has 0 heterocycles. The number of hydrogen-bond acceptors (Lipinski definition) is 6. The summed E-state index contributed by atoms with van der Waals surface area (Å²) in [4.78, 5) is 25.2. The number of carbonyl (C=O) groups excluding carboxylic acids is 2. The van der Waals surface area contributed by atoms with Crippen molar-refractivity contribution in [2.75, 3.05) is 6.54 Å². The molecule has 0 aliphatic heterocycles. The van der Waals surface area contributed by atoms with Gasteiger partial charge in [-0.25, -0.2) is 4.79 Å². The number of esters is 1. The molecule has 0 spiro atoms. The van der Waals surface area contributed by atoms with Crippen LogP contribution in [0.15, 0.2) is 54.6 Å². The molecule has 7 nitrogen and oxygen atoms in total. The lowest BCUT2D eigenvalue weighted by molar-refractivity contribution is -0.158. The van der Waals surface area contributed by atoms with Gasteiger partial charge in [0.25, 0.3) is 0 Å². The second-order valence-electron chi connectivity index (χ2n) is 9.07. The van der Waals surface area contributed by atoms with Crippen LogP contribution in [0.2, 0.25) is 0 Å². The minimum Gasteiger partial charge on any atom is -0.458 e. The maximum absolute atomic E-state index is 12.7. The maximum Gasteiger partial charge on any atom is 0.488 e. The van der Waals surface area contributed by atoms with E-state index in [1.807, 2.05) is 18.2 Å². The monoisotopic (exact) mass is 454 g/mol. The lowest BCUT2D eigenvalue weighted by atomic mass is 9.80. The topological polar surface area (TPSA) is 108 Å². The molecule has 0 bridgehead atoms. The smallest absolute Gasteiger partial charge is 0.458 e. The summed E-state index contributed by atoms with van der Waals surface area (Å²) in [6.07, 6.45) is 1.88. The summed E-state index contributed by atoms with van der Waals surface area (Å²) in [5.74, 6) is -0.658. The van der Waals surface area contributed by atoms with Gasteiger partial charge >= 0.3 is 13.1 Å². The van der Waals surface area contributed by atoms with Crippen LogP contribution in [0.25, 0.3) is 0 Å². The predicted octanol–water partition coefficient (Wildman–Crippen LogP) is 1.70. The van der Waals surface area contributed by atoms with E-state index in [0.717, 1.165) is 12.1 Å². The van der Waals surface area contributed by atoms with E-state index in [2.05, 4.69) is 22.8 Å². The first kappa shape index (κ1) is 26.6. The molecular formula is C25H35BN2O5. The normalized spacial score (nSPS) is 12.2. The van der Waals surface area contributed by atoms with Gasteiger partial charge in [0.2, 0.25) is 5.91 Å². The molecular weight excluding hydrogens is 419 g/mol. The van der Waals surface area contributed by atoms with Crippen molar-refractivity contribution in [3.05, 3.63) is 65.7 Å². The number of amides is 1. The summed E-state index contributed by atoms with van der Waals surface area (Å²) < 4.78 is 5.50. The van der Waals surface area contributed by atoms with E-state index in [9.17, 15) is 19.6 Å². The van der Waals surface area contributed by atoms with E-state index < -0.39 is 24.7 Å². The van der Waals surface area contributed by atoms with Gasteiger partial charge in [-0.05, 0) is 63.2 Å². The van der Waals surface area contributed by atoms with E-state index in [1.54, 1.807) is 45.0 Å². The molecule has 1 atom stereocenters. The van der Waals surface area contributed by atoms with Crippen molar-refractivity contribution in [3.63, 3.8) is 0 Å². The zero-order valence-corrected chi connectivity index (χ0v) is 19.7. The van der Waals surface area contributed by atoms with Gasteiger partial charge < -0.3 is 25.4 Å². The molecule has 8 heteroatoms. The highest BCUT2D eigenvalue weighted by molar-refractivity contribution is 6.58. The molecule has 0 aliphatic carbocycles. The van der Waals surface area contributed by atoms with Gasteiger partial charge in [-0.3, -0.25) is 4.79 Å². The van der Waals surface area contributed by atoms with Crippen molar-refractivity contribution >= 4 is 24.5 Å². The van der Waals surface area contributed by atoms with E-state index >= 15 is 0 Å². The van der Waals surface area contributed by atoms with Crippen molar-refractivity contribution in [3.8, 4) is 0 Å². The summed E-state index contributed by atoms with van der Waals surface area (Å²) in [6, 6.07) is 16.1. The molecule has 0 aliphatic rings. The third-order valence-electron chi connectivity index (χ3n) is 4.96. The fraction of sp³-hybridized carbons (Fsp3) is 0.440. The van der Waals surface area contributed by atoms with Crippen LogP contribution in [0.4, 0.5) is 0 Å². The number of hydrogen-bond donors (Lipinski definition) is 4. The molecule has 0 fully saturated rings. The number of nitrogens with one attached hydrogen (secondary N) is 2. The van der Waals surface area contributed by atoms with Crippen molar-refractivity contribution in [2.45, 2.75) is 64.6 Å². The van der Waals surface area contributed by atoms with Crippen LogP contribution in [0, 0.1) is 0 Å². The number of aryl methyl sites for hydroxylation is 1. The van der Waals surface area contributed by atoms with Crippen LogP contribution in [-0.4, -0.2) is 47.2 Å². The van der Waals surface area contributed by atoms with Gasteiger partial charge in [-0.2, -0.15) is 0 Å². The van der Waals surface area contributed by atoms with Gasteiger partial charge in [0.05, 0.1) is 0 Å².